The Balaban J connectivity index is 2.20. The van der Waals surface area contributed by atoms with E-state index in [0.717, 1.165) is 12.2 Å². The van der Waals surface area contributed by atoms with Crippen molar-refractivity contribution >= 4 is 5.91 Å². The number of carbonyl (C=O) groups is 1. The van der Waals surface area contributed by atoms with Gasteiger partial charge in [-0.15, -0.1) is 0 Å². The maximum absolute atomic E-state index is 11.5. The van der Waals surface area contributed by atoms with Gasteiger partial charge in [0.1, 0.15) is 5.75 Å². The molecule has 17 heavy (non-hydrogen) atoms. The highest BCUT2D eigenvalue weighted by atomic mass is 16.5. The van der Waals surface area contributed by atoms with Crippen LogP contribution < -0.4 is 10.1 Å². The maximum Gasteiger partial charge on any atom is 0.223 e. The van der Waals surface area contributed by atoms with E-state index in [0.29, 0.717) is 13.0 Å². The van der Waals surface area contributed by atoms with Crippen LogP contribution in [0.1, 0.15) is 19.8 Å². The fourth-order valence-corrected chi connectivity index (χ4v) is 1.35. The molecule has 94 valence electrons. The molecule has 4 nitrogen and oxygen atoms in total. The van der Waals surface area contributed by atoms with Crippen LogP contribution in [0.15, 0.2) is 30.3 Å². The van der Waals surface area contributed by atoms with E-state index < -0.39 is 0 Å². The van der Waals surface area contributed by atoms with Gasteiger partial charge in [-0.05, 0) is 18.6 Å². The topological polar surface area (TPSA) is 58.6 Å². The minimum Gasteiger partial charge on any atom is -0.493 e. The van der Waals surface area contributed by atoms with E-state index in [1.807, 2.05) is 37.3 Å². The first-order valence-corrected chi connectivity index (χ1v) is 5.84. The lowest BCUT2D eigenvalue weighted by Crippen LogP contribution is -2.37. The van der Waals surface area contributed by atoms with E-state index in [4.69, 9.17) is 9.84 Å². The van der Waals surface area contributed by atoms with Crippen LogP contribution in [0.4, 0.5) is 0 Å². The van der Waals surface area contributed by atoms with E-state index in [9.17, 15) is 4.79 Å². The Morgan fingerprint density at radius 3 is 2.71 bits per heavy atom. The van der Waals surface area contributed by atoms with Crippen molar-refractivity contribution in [1.29, 1.82) is 0 Å². The molecule has 0 fully saturated rings. The van der Waals surface area contributed by atoms with Crippen LogP contribution in [0.5, 0.6) is 5.75 Å². The molecule has 0 aliphatic carbocycles. The largest absolute Gasteiger partial charge is 0.493 e. The number of para-hydroxylation sites is 1. The number of hydrogen-bond donors (Lipinski definition) is 2. The Morgan fingerprint density at radius 2 is 2.12 bits per heavy atom. The molecule has 2 N–H and O–H groups in total. The van der Waals surface area contributed by atoms with Gasteiger partial charge in [0.25, 0.3) is 0 Å². The highest BCUT2D eigenvalue weighted by Gasteiger charge is 2.08. The van der Waals surface area contributed by atoms with Gasteiger partial charge in [0, 0.05) is 0 Å². The molecule has 0 aliphatic rings. The summed E-state index contributed by atoms with van der Waals surface area (Å²) >= 11 is 0. The van der Waals surface area contributed by atoms with Crippen LogP contribution in [0.3, 0.4) is 0 Å². The number of aliphatic hydroxyl groups excluding tert-OH is 1. The van der Waals surface area contributed by atoms with Gasteiger partial charge in [0.2, 0.25) is 5.91 Å². The predicted molar refractivity (Wildman–Crippen MR) is 65.9 cm³/mol. The number of hydrogen-bond acceptors (Lipinski definition) is 3. The molecule has 1 rings (SSSR count). The van der Waals surface area contributed by atoms with Gasteiger partial charge in [-0.3, -0.25) is 4.79 Å². The summed E-state index contributed by atoms with van der Waals surface area (Å²) in [6.45, 7) is 2.24. The number of nitrogens with one attached hydrogen (secondary N) is 1. The summed E-state index contributed by atoms with van der Waals surface area (Å²) in [5.74, 6) is 0.663. The van der Waals surface area contributed by atoms with Gasteiger partial charge in [0.05, 0.1) is 25.7 Å². The third kappa shape index (κ3) is 5.36. The molecule has 0 aliphatic heterocycles. The zero-order chi connectivity index (χ0) is 12.5. The zero-order valence-corrected chi connectivity index (χ0v) is 10.1. The molecule has 1 amide bonds. The van der Waals surface area contributed by atoms with Gasteiger partial charge in [-0.25, -0.2) is 0 Å². The average Bonchev–Trinajstić information content (AvgIpc) is 2.37. The molecule has 1 aromatic rings. The second kappa shape index (κ2) is 7.68. The van der Waals surface area contributed by atoms with Crippen molar-refractivity contribution in [1.82, 2.24) is 5.32 Å². The van der Waals surface area contributed by atoms with Crippen LogP contribution in [-0.4, -0.2) is 30.3 Å². The molecule has 0 bridgehead atoms. The minimum atomic E-state index is -0.153. The molecular formula is C13H19NO3. The molecular weight excluding hydrogens is 218 g/mol. The molecule has 1 atom stereocenters. The summed E-state index contributed by atoms with van der Waals surface area (Å²) in [6, 6.07) is 9.22. The first-order valence-electron chi connectivity index (χ1n) is 5.84. The van der Waals surface area contributed by atoms with Crippen LogP contribution >= 0.6 is 0 Å². The quantitative estimate of drug-likeness (QED) is 0.752. The van der Waals surface area contributed by atoms with Crippen molar-refractivity contribution in [3.8, 4) is 5.75 Å². The standard InChI is InChI=1S/C13H19NO3/c1-2-11(10-15)14-13(16)8-9-17-12-6-4-3-5-7-12/h3-7,11,15H,2,8-10H2,1H3,(H,14,16)/t11-/m1/s1. The summed E-state index contributed by atoms with van der Waals surface area (Å²) in [5.41, 5.74) is 0. The molecule has 0 aromatic heterocycles. The molecule has 0 heterocycles. The van der Waals surface area contributed by atoms with Crippen LogP contribution in [0.2, 0.25) is 0 Å². The fraction of sp³-hybridized carbons (Fsp3) is 0.462. The van der Waals surface area contributed by atoms with Gasteiger partial charge >= 0.3 is 0 Å². The summed E-state index contributed by atoms with van der Waals surface area (Å²) < 4.78 is 5.40. The average molecular weight is 237 g/mol. The minimum absolute atomic E-state index is 0.0260. The molecule has 4 heteroatoms. The van der Waals surface area contributed by atoms with E-state index in [1.54, 1.807) is 0 Å². The number of carbonyl (C=O) groups excluding carboxylic acids is 1. The van der Waals surface area contributed by atoms with Gasteiger partial charge in [-0.1, -0.05) is 25.1 Å². The lowest BCUT2D eigenvalue weighted by atomic mass is 10.2. The smallest absolute Gasteiger partial charge is 0.223 e. The lowest BCUT2D eigenvalue weighted by Gasteiger charge is -2.14. The molecule has 0 saturated heterocycles. The monoisotopic (exact) mass is 237 g/mol. The zero-order valence-electron chi connectivity index (χ0n) is 10.1. The summed E-state index contributed by atoms with van der Waals surface area (Å²) in [6.07, 6.45) is 1.02. The van der Waals surface area contributed by atoms with Crippen LogP contribution in [0.25, 0.3) is 0 Å². The molecule has 0 spiro atoms. The van der Waals surface area contributed by atoms with Crippen molar-refractivity contribution in [3.05, 3.63) is 30.3 Å². The number of ether oxygens (including phenoxy) is 1. The Hall–Kier alpha value is -1.55. The molecule has 0 radical (unpaired) electrons. The number of aliphatic hydroxyl groups is 1. The van der Waals surface area contributed by atoms with Crippen molar-refractivity contribution in [2.45, 2.75) is 25.8 Å². The predicted octanol–water partition coefficient (Wildman–Crippen LogP) is 1.34. The maximum atomic E-state index is 11.5. The SMILES string of the molecule is CC[C@H](CO)NC(=O)CCOc1ccccc1. The lowest BCUT2D eigenvalue weighted by molar-refractivity contribution is -0.122. The second-order valence-corrected chi connectivity index (χ2v) is 3.77. The normalized spacial score (nSPS) is 11.9. The van der Waals surface area contributed by atoms with Crippen molar-refractivity contribution in [2.24, 2.45) is 0 Å². The van der Waals surface area contributed by atoms with Crippen LogP contribution in [0, 0.1) is 0 Å². The Kier molecular flexibility index (Phi) is 6.10. The van der Waals surface area contributed by atoms with Gasteiger partial charge in [0.15, 0.2) is 0 Å². The Labute approximate surface area is 102 Å². The number of amides is 1. The van der Waals surface area contributed by atoms with E-state index in [2.05, 4.69) is 5.32 Å². The molecule has 1 aromatic carbocycles. The fourth-order valence-electron chi connectivity index (χ4n) is 1.35. The van der Waals surface area contributed by atoms with E-state index >= 15 is 0 Å². The van der Waals surface area contributed by atoms with Crippen molar-refractivity contribution in [3.63, 3.8) is 0 Å². The van der Waals surface area contributed by atoms with Gasteiger partial charge in [-0.2, -0.15) is 0 Å². The first kappa shape index (κ1) is 13.5. The van der Waals surface area contributed by atoms with Crippen molar-refractivity contribution in [2.75, 3.05) is 13.2 Å². The van der Waals surface area contributed by atoms with E-state index in [1.165, 1.54) is 0 Å². The number of benzene rings is 1. The number of rotatable bonds is 7. The van der Waals surface area contributed by atoms with Crippen molar-refractivity contribution < 1.29 is 14.6 Å². The Morgan fingerprint density at radius 1 is 1.41 bits per heavy atom. The highest BCUT2D eigenvalue weighted by Crippen LogP contribution is 2.08. The summed E-state index contributed by atoms with van der Waals surface area (Å²) in [7, 11) is 0. The first-order chi connectivity index (χ1) is 8.26. The summed E-state index contributed by atoms with van der Waals surface area (Å²) in [4.78, 5) is 11.5. The molecule has 0 unspecified atom stereocenters. The Bertz CT molecular complexity index is 323. The van der Waals surface area contributed by atoms with Crippen LogP contribution in [-0.2, 0) is 4.79 Å². The molecule has 0 saturated carbocycles. The third-order valence-electron chi connectivity index (χ3n) is 2.42. The van der Waals surface area contributed by atoms with Gasteiger partial charge < -0.3 is 15.2 Å². The second-order valence-electron chi connectivity index (χ2n) is 3.77. The summed E-state index contributed by atoms with van der Waals surface area (Å²) in [5, 5.41) is 11.7. The third-order valence-corrected chi connectivity index (χ3v) is 2.42. The highest BCUT2D eigenvalue weighted by molar-refractivity contribution is 5.76. The van der Waals surface area contributed by atoms with E-state index in [-0.39, 0.29) is 18.6 Å².